The molecule has 0 fully saturated rings. The first-order valence-corrected chi connectivity index (χ1v) is 10.1. The SMILES string of the molecule is CCOc1cc(C#N)cc(Br)c1OCC(=O)Nc1c(C)nn(-c2ccccc2)c1C. The van der Waals surface area contributed by atoms with Crippen LogP contribution in [-0.4, -0.2) is 28.9 Å². The molecule has 154 valence electrons. The van der Waals surface area contributed by atoms with Crippen LogP contribution < -0.4 is 14.8 Å². The summed E-state index contributed by atoms with van der Waals surface area (Å²) in [5.41, 5.74) is 3.52. The van der Waals surface area contributed by atoms with Crippen molar-refractivity contribution in [3.8, 4) is 23.3 Å². The van der Waals surface area contributed by atoms with E-state index >= 15 is 0 Å². The second-order valence-corrected chi connectivity index (χ2v) is 7.31. The number of nitrogens with one attached hydrogen (secondary N) is 1. The van der Waals surface area contributed by atoms with Gasteiger partial charge in [-0.1, -0.05) is 18.2 Å². The Bertz CT molecular complexity index is 1100. The summed E-state index contributed by atoms with van der Waals surface area (Å²) in [4.78, 5) is 12.6. The van der Waals surface area contributed by atoms with Gasteiger partial charge < -0.3 is 14.8 Å². The highest BCUT2D eigenvalue weighted by Gasteiger charge is 2.17. The second kappa shape index (κ2) is 9.46. The van der Waals surface area contributed by atoms with Crippen LogP contribution >= 0.6 is 15.9 Å². The van der Waals surface area contributed by atoms with Gasteiger partial charge in [0, 0.05) is 6.07 Å². The van der Waals surface area contributed by atoms with E-state index in [-0.39, 0.29) is 12.5 Å². The molecule has 0 radical (unpaired) electrons. The number of ether oxygens (including phenoxy) is 2. The van der Waals surface area contributed by atoms with E-state index in [9.17, 15) is 4.79 Å². The standard InChI is InChI=1S/C22H21BrN4O3/c1-4-29-19-11-16(12-24)10-18(23)22(19)30-13-20(28)25-21-14(2)26-27(15(21)3)17-8-6-5-7-9-17/h5-11H,4,13H2,1-3H3,(H,25,28). The van der Waals surface area contributed by atoms with Crippen LogP contribution in [0.25, 0.3) is 5.69 Å². The number of para-hydroxylation sites is 1. The zero-order valence-corrected chi connectivity index (χ0v) is 18.5. The summed E-state index contributed by atoms with van der Waals surface area (Å²) in [6.45, 7) is 5.75. The maximum atomic E-state index is 12.6. The molecule has 0 aliphatic carbocycles. The van der Waals surface area contributed by atoms with Crippen molar-refractivity contribution in [3.05, 3.63) is 63.9 Å². The Balaban J connectivity index is 1.75. The molecule has 0 atom stereocenters. The van der Waals surface area contributed by atoms with Crippen LogP contribution in [0.3, 0.4) is 0 Å². The Morgan fingerprint density at radius 1 is 1.23 bits per heavy atom. The van der Waals surface area contributed by atoms with E-state index in [1.807, 2.05) is 51.1 Å². The molecule has 1 heterocycles. The topological polar surface area (TPSA) is 89.2 Å². The van der Waals surface area contributed by atoms with Crippen molar-refractivity contribution in [2.45, 2.75) is 20.8 Å². The lowest BCUT2D eigenvalue weighted by Crippen LogP contribution is -2.21. The average molecular weight is 469 g/mol. The zero-order valence-electron chi connectivity index (χ0n) is 16.9. The Labute approximate surface area is 183 Å². The van der Waals surface area contributed by atoms with Gasteiger partial charge in [-0.3, -0.25) is 4.79 Å². The highest BCUT2D eigenvalue weighted by atomic mass is 79.9. The fourth-order valence-electron chi connectivity index (χ4n) is 2.99. The molecule has 0 spiro atoms. The first-order valence-electron chi connectivity index (χ1n) is 9.35. The maximum absolute atomic E-state index is 12.6. The van der Waals surface area contributed by atoms with Gasteiger partial charge in [-0.2, -0.15) is 10.4 Å². The molecular weight excluding hydrogens is 448 g/mol. The lowest BCUT2D eigenvalue weighted by Gasteiger charge is -2.14. The number of rotatable bonds is 7. The Morgan fingerprint density at radius 3 is 2.63 bits per heavy atom. The van der Waals surface area contributed by atoms with Crippen molar-refractivity contribution in [2.24, 2.45) is 0 Å². The molecule has 1 amide bonds. The minimum atomic E-state index is -0.326. The van der Waals surface area contributed by atoms with Gasteiger partial charge in [0.1, 0.15) is 0 Å². The minimum Gasteiger partial charge on any atom is -0.490 e. The molecule has 0 aliphatic heterocycles. The Hall–Kier alpha value is -3.31. The number of amides is 1. The van der Waals surface area contributed by atoms with Crippen LogP contribution in [0.5, 0.6) is 11.5 Å². The lowest BCUT2D eigenvalue weighted by atomic mass is 10.2. The molecule has 1 N–H and O–H groups in total. The number of carbonyl (C=O) groups excluding carboxylic acids is 1. The average Bonchev–Trinajstić information content (AvgIpc) is 3.02. The van der Waals surface area contributed by atoms with Gasteiger partial charge >= 0.3 is 0 Å². The number of aryl methyl sites for hydroxylation is 1. The third kappa shape index (κ3) is 4.63. The van der Waals surface area contributed by atoms with E-state index in [0.29, 0.717) is 39.5 Å². The zero-order chi connectivity index (χ0) is 21.7. The highest BCUT2D eigenvalue weighted by Crippen LogP contribution is 2.36. The summed E-state index contributed by atoms with van der Waals surface area (Å²) in [6.07, 6.45) is 0. The fourth-order valence-corrected chi connectivity index (χ4v) is 3.55. The first-order chi connectivity index (χ1) is 14.4. The summed E-state index contributed by atoms with van der Waals surface area (Å²) < 4.78 is 13.6. The number of benzene rings is 2. The number of halogens is 1. The summed E-state index contributed by atoms with van der Waals surface area (Å²) in [5.74, 6) is 0.451. The molecule has 0 aliphatic rings. The van der Waals surface area contributed by atoms with Crippen LogP contribution in [0.4, 0.5) is 5.69 Å². The molecule has 7 nitrogen and oxygen atoms in total. The van der Waals surface area contributed by atoms with Crippen molar-refractivity contribution in [1.82, 2.24) is 9.78 Å². The predicted octanol–water partition coefficient (Wildman–Crippen LogP) is 4.54. The molecule has 0 bridgehead atoms. The summed E-state index contributed by atoms with van der Waals surface area (Å²) in [6, 6.07) is 15.0. The number of hydrogen-bond donors (Lipinski definition) is 1. The minimum absolute atomic E-state index is 0.222. The van der Waals surface area contributed by atoms with Crippen molar-refractivity contribution >= 4 is 27.5 Å². The monoisotopic (exact) mass is 468 g/mol. The number of nitrogens with zero attached hydrogens (tertiary/aromatic N) is 3. The third-order valence-electron chi connectivity index (χ3n) is 4.34. The number of nitriles is 1. The summed E-state index contributed by atoms with van der Waals surface area (Å²) >= 11 is 3.38. The molecule has 3 rings (SSSR count). The fraction of sp³-hybridized carbons (Fsp3) is 0.227. The van der Waals surface area contributed by atoms with Gasteiger partial charge in [0.2, 0.25) is 0 Å². The van der Waals surface area contributed by atoms with Crippen LogP contribution in [0.2, 0.25) is 0 Å². The predicted molar refractivity (Wildman–Crippen MR) is 117 cm³/mol. The molecule has 30 heavy (non-hydrogen) atoms. The smallest absolute Gasteiger partial charge is 0.262 e. The molecule has 0 unspecified atom stereocenters. The van der Waals surface area contributed by atoms with Crippen molar-refractivity contribution < 1.29 is 14.3 Å². The van der Waals surface area contributed by atoms with Gasteiger partial charge in [0.25, 0.3) is 5.91 Å². The number of aromatic nitrogens is 2. The van der Waals surface area contributed by atoms with E-state index in [2.05, 4.69) is 32.4 Å². The molecular formula is C22H21BrN4O3. The normalized spacial score (nSPS) is 10.4. The second-order valence-electron chi connectivity index (χ2n) is 6.46. The molecule has 2 aromatic carbocycles. The van der Waals surface area contributed by atoms with Gasteiger partial charge in [-0.05, 0) is 54.9 Å². The quantitative estimate of drug-likeness (QED) is 0.549. The maximum Gasteiger partial charge on any atom is 0.262 e. The Morgan fingerprint density at radius 2 is 1.97 bits per heavy atom. The van der Waals surface area contributed by atoms with Crippen molar-refractivity contribution in [3.63, 3.8) is 0 Å². The van der Waals surface area contributed by atoms with Gasteiger partial charge in [-0.15, -0.1) is 0 Å². The number of carbonyl (C=O) groups is 1. The molecule has 8 heteroatoms. The molecule has 3 aromatic rings. The lowest BCUT2D eigenvalue weighted by molar-refractivity contribution is -0.118. The number of anilines is 1. The van der Waals surface area contributed by atoms with Crippen molar-refractivity contribution in [2.75, 3.05) is 18.5 Å². The van der Waals surface area contributed by atoms with Gasteiger partial charge in [-0.25, -0.2) is 4.68 Å². The third-order valence-corrected chi connectivity index (χ3v) is 4.93. The van der Waals surface area contributed by atoms with E-state index in [1.165, 1.54) is 0 Å². The van der Waals surface area contributed by atoms with Crippen LogP contribution in [0.1, 0.15) is 23.9 Å². The summed E-state index contributed by atoms with van der Waals surface area (Å²) in [7, 11) is 0. The van der Waals surface area contributed by atoms with E-state index in [1.54, 1.807) is 16.8 Å². The van der Waals surface area contributed by atoms with Crippen LogP contribution in [-0.2, 0) is 4.79 Å². The van der Waals surface area contributed by atoms with E-state index in [0.717, 1.165) is 11.4 Å². The Kier molecular flexibility index (Phi) is 6.75. The molecule has 1 aromatic heterocycles. The van der Waals surface area contributed by atoms with Crippen LogP contribution in [0.15, 0.2) is 46.9 Å². The summed E-state index contributed by atoms with van der Waals surface area (Å²) in [5, 5.41) is 16.5. The molecule has 0 saturated carbocycles. The van der Waals surface area contributed by atoms with Crippen molar-refractivity contribution in [1.29, 1.82) is 5.26 Å². The first kappa shape index (κ1) is 21.4. The van der Waals surface area contributed by atoms with Gasteiger partial charge in [0.05, 0.1) is 45.5 Å². The molecule has 0 saturated heterocycles. The van der Waals surface area contributed by atoms with E-state index in [4.69, 9.17) is 14.7 Å². The van der Waals surface area contributed by atoms with Gasteiger partial charge in [0.15, 0.2) is 18.1 Å². The number of hydrogen-bond acceptors (Lipinski definition) is 5. The largest absolute Gasteiger partial charge is 0.490 e. The van der Waals surface area contributed by atoms with E-state index < -0.39 is 0 Å². The highest BCUT2D eigenvalue weighted by molar-refractivity contribution is 9.10. The van der Waals surface area contributed by atoms with Crippen LogP contribution in [0, 0.1) is 25.2 Å².